The second-order valence-electron chi connectivity index (χ2n) is 8.06. The summed E-state index contributed by atoms with van der Waals surface area (Å²) in [6, 6.07) is 5.66. The van der Waals surface area contributed by atoms with Crippen molar-refractivity contribution in [1.82, 2.24) is 9.80 Å². The molecule has 0 amide bonds. The standard InChI is InChI=1S/C23H25F3N4O2/c1-29-7-9-30(10-8-29)6-2-5-28-22-16(25)12-17(26)23-21(22)19(31)13-20(32-23)14-3-4-18(27)15(24)11-14/h3-4,11-13,28H,2,5-10,27H2,1H3. The van der Waals surface area contributed by atoms with Gasteiger partial charge in [-0.1, -0.05) is 0 Å². The quantitative estimate of drug-likeness (QED) is 0.446. The number of halogens is 3. The van der Waals surface area contributed by atoms with E-state index in [1.165, 1.54) is 12.1 Å². The summed E-state index contributed by atoms with van der Waals surface area (Å²) in [6.07, 6.45) is 0.732. The van der Waals surface area contributed by atoms with E-state index in [4.69, 9.17) is 10.2 Å². The van der Waals surface area contributed by atoms with Crippen molar-refractivity contribution in [1.29, 1.82) is 0 Å². The molecule has 6 nitrogen and oxygen atoms in total. The molecule has 32 heavy (non-hydrogen) atoms. The first-order valence-electron chi connectivity index (χ1n) is 10.5. The minimum Gasteiger partial charge on any atom is -0.453 e. The van der Waals surface area contributed by atoms with E-state index in [0.29, 0.717) is 12.6 Å². The van der Waals surface area contributed by atoms with E-state index in [0.717, 1.165) is 51.3 Å². The second-order valence-corrected chi connectivity index (χ2v) is 8.06. The second kappa shape index (κ2) is 9.22. The van der Waals surface area contributed by atoms with Gasteiger partial charge in [-0.2, -0.15) is 0 Å². The third-order valence-corrected chi connectivity index (χ3v) is 5.74. The monoisotopic (exact) mass is 446 g/mol. The van der Waals surface area contributed by atoms with Crippen molar-refractivity contribution >= 4 is 22.3 Å². The van der Waals surface area contributed by atoms with Gasteiger partial charge in [0, 0.05) is 50.4 Å². The minimum atomic E-state index is -1.00. The fraction of sp³-hybridized carbons (Fsp3) is 0.348. The van der Waals surface area contributed by atoms with Gasteiger partial charge in [0.05, 0.1) is 16.8 Å². The molecular weight excluding hydrogens is 421 g/mol. The van der Waals surface area contributed by atoms with Crippen molar-refractivity contribution in [3.8, 4) is 11.3 Å². The van der Waals surface area contributed by atoms with E-state index in [1.54, 1.807) is 0 Å². The molecule has 0 atom stereocenters. The van der Waals surface area contributed by atoms with Crippen molar-refractivity contribution < 1.29 is 17.6 Å². The molecule has 0 aliphatic carbocycles. The summed E-state index contributed by atoms with van der Waals surface area (Å²) in [5.74, 6) is -2.59. The number of likely N-dealkylation sites (N-methyl/N-ethyl adjacent to an activating group) is 1. The highest BCUT2D eigenvalue weighted by atomic mass is 19.1. The molecule has 0 unspecified atom stereocenters. The summed E-state index contributed by atoms with van der Waals surface area (Å²) < 4.78 is 48.4. The van der Waals surface area contributed by atoms with Crippen LogP contribution in [-0.4, -0.2) is 56.1 Å². The molecule has 2 heterocycles. The first kappa shape index (κ1) is 22.2. The van der Waals surface area contributed by atoms with Gasteiger partial charge in [-0.25, -0.2) is 13.2 Å². The molecule has 170 valence electrons. The van der Waals surface area contributed by atoms with E-state index in [2.05, 4.69) is 22.2 Å². The fourth-order valence-electron chi connectivity index (χ4n) is 3.85. The SMILES string of the molecule is CN1CCN(CCCNc2c(F)cc(F)c3oc(-c4ccc(N)c(F)c4)cc(=O)c23)CC1. The Labute approximate surface area is 183 Å². The van der Waals surface area contributed by atoms with Crippen LogP contribution in [0.5, 0.6) is 0 Å². The highest BCUT2D eigenvalue weighted by Crippen LogP contribution is 2.31. The van der Waals surface area contributed by atoms with E-state index in [9.17, 15) is 18.0 Å². The summed E-state index contributed by atoms with van der Waals surface area (Å²) in [7, 11) is 2.09. The van der Waals surface area contributed by atoms with Crippen LogP contribution >= 0.6 is 0 Å². The average molecular weight is 446 g/mol. The van der Waals surface area contributed by atoms with Gasteiger partial charge in [0.15, 0.2) is 16.8 Å². The first-order chi connectivity index (χ1) is 15.3. The fourth-order valence-corrected chi connectivity index (χ4v) is 3.85. The number of anilines is 2. The summed E-state index contributed by atoms with van der Waals surface area (Å²) in [6.45, 7) is 5.21. The lowest BCUT2D eigenvalue weighted by Gasteiger charge is -2.32. The van der Waals surface area contributed by atoms with Gasteiger partial charge in [-0.15, -0.1) is 0 Å². The zero-order valence-electron chi connectivity index (χ0n) is 17.8. The van der Waals surface area contributed by atoms with Crippen LogP contribution in [0.25, 0.3) is 22.3 Å². The zero-order valence-corrected chi connectivity index (χ0v) is 17.8. The lowest BCUT2D eigenvalue weighted by molar-refractivity contribution is 0.154. The number of hydrogen-bond acceptors (Lipinski definition) is 6. The van der Waals surface area contributed by atoms with Crippen LogP contribution in [0.1, 0.15) is 6.42 Å². The highest BCUT2D eigenvalue weighted by Gasteiger charge is 2.20. The number of nitrogens with zero attached hydrogens (tertiary/aromatic N) is 2. The third-order valence-electron chi connectivity index (χ3n) is 5.74. The van der Waals surface area contributed by atoms with Gasteiger partial charge in [-0.3, -0.25) is 4.79 Å². The number of piperazine rings is 1. The zero-order chi connectivity index (χ0) is 22.8. The molecule has 0 bridgehead atoms. The number of nitrogen functional groups attached to an aromatic ring is 1. The molecule has 3 aromatic rings. The Morgan fingerprint density at radius 2 is 1.78 bits per heavy atom. The number of hydrogen-bond donors (Lipinski definition) is 2. The Morgan fingerprint density at radius 1 is 1.03 bits per heavy atom. The first-order valence-corrected chi connectivity index (χ1v) is 10.5. The molecule has 2 aromatic carbocycles. The van der Waals surface area contributed by atoms with Crippen LogP contribution in [0.3, 0.4) is 0 Å². The van der Waals surface area contributed by atoms with Crippen LogP contribution in [0.4, 0.5) is 24.5 Å². The summed E-state index contributed by atoms with van der Waals surface area (Å²) >= 11 is 0. The van der Waals surface area contributed by atoms with Gasteiger partial charge >= 0.3 is 0 Å². The maximum absolute atomic E-state index is 14.5. The van der Waals surface area contributed by atoms with Gasteiger partial charge in [0.25, 0.3) is 0 Å². The minimum absolute atomic E-state index is 0.0343. The Kier molecular flexibility index (Phi) is 6.38. The lowest BCUT2D eigenvalue weighted by atomic mass is 10.1. The molecule has 0 spiro atoms. The molecular formula is C23H25F3N4O2. The third kappa shape index (κ3) is 4.58. The van der Waals surface area contributed by atoms with E-state index in [-0.39, 0.29) is 33.7 Å². The number of nitrogens with two attached hydrogens (primary N) is 1. The number of fused-ring (bicyclic) bond motifs is 1. The van der Waals surface area contributed by atoms with Gasteiger partial charge in [0.1, 0.15) is 17.4 Å². The lowest BCUT2D eigenvalue weighted by Crippen LogP contribution is -2.44. The molecule has 1 aromatic heterocycles. The molecule has 1 saturated heterocycles. The van der Waals surface area contributed by atoms with Gasteiger partial charge in [0.2, 0.25) is 0 Å². The maximum atomic E-state index is 14.5. The van der Waals surface area contributed by atoms with E-state index >= 15 is 0 Å². The number of rotatable bonds is 6. The molecule has 4 rings (SSSR count). The summed E-state index contributed by atoms with van der Waals surface area (Å²) in [5, 5.41) is 2.73. The molecule has 1 aliphatic heterocycles. The van der Waals surface area contributed by atoms with Crippen molar-refractivity contribution in [3.05, 3.63) is 58.0 Å². The van der Waals surface area contributed by atoms with Crippen LogP contribution < -0.4 is 16.5 Å². The molecule has 1 fully saturated rings. The normalized spacial score (nSPS) is 15.4. The van der Waals surface area contributed by atoms with Gasteiger partial charge < -0.3 is 25.3 Å². The van der Waals surface area contributed by atoms with Crippen molar-refractivity contribution in [3.63, 3.8) is 0 Å². The van der Waals surface area contributed by atoms with Crippen molar-refractivity contribution in [2.24, 2.45) is 0 Å². The van der Waals surface area contributed by atoms with Crippen molar-refractivity contribution in [2.75, 3.05) is 57.4 Å². The Hall–Kier alpha value is -3.04. The predicted molar refractivity (Wildman–Crippen MR) is 119 cm³/mol. The average Bonchev–Trinajstić information content (AvgIpc) is 2.76. The predicted octanol–water partition coefficient (Wildman–Crippen LogP) is 3.51. The number of benzene rings is 2. The molecule has 3 N–H and O–H groups in total. The van der Waals surface area contributed by atoms with E-state index in [1.807, 2.05) is 0 Å². The Morgan fingerprint density at radius 3 is 2.50 bits per heavy atom. The van der Waals surface area contributed by atoms with Crippen molar-refractivity contribution in [2.45, 2.75) is 6.42 Å². The van der Waals surface area contributed by atoms with Gasteiger partial charge in [-0.05, 0) is 38.2 Å². The largest absolute Gasteiger partial charge is 0.453 e. The van der Waals surface area contributed by atoms with Crippen LogP contribution in [-0.2, 0) is 0 Å². The maximum Gasteiger partial charge on any atom is 0.195 e. The molecule has 0 radical (unpaired) electrons. The molecule has 1 aliphatic rings. The molecule has 9 heteroatoms. The highest BCUT2D eigenvalue weighted by molar-refractivity contribution is 5.91. The molecule has 0 saturated carbocycles. The van der Waals surface area contributed by atoms with Crippen LogP contribution in [0, 0.1) is 17.5 Å². The van der Waals surface area contributed by atoms with Crippen LogP contribution in [0.15, 0.2) is 39.5 Å². The van der Waals surface area contributed by atoms with Crippen LogP contribution in [0.2, 0.25) is 0 Å². The summed E-state index contributed by atoms with van der Waals surface area (Å²) in [4.78, 5) is 17.4. The Bertz CT molecular complexity index is 1190. The number of nitrogens with one attached hydrogen (secondary N) is 1. The topological polar surface area (TPSA) is 74.7 Å². The Balaban J connectivity index is 1.57. The smallest absolute Gasteiger partial charge is 0.195 e. The van der Waals surface area contributed by atoms with E-state index < -0.39 is 22.9 Å². The summed E-state index contributed by atoms with van der Waals surface area (Å²) in [5.41, 5.74) is 4.54.